The first-order chi connectivity index (χ1) is 30.9. The first-order valence-corrected chi connectivity index (χ1v) is 22.2. The molecule has 5 heterocycles. The van der Waals surface area contributed by atoms with E-state index in [0.29, 0.717) is 102 Å². The average Bonchev–Trinajstić information content (AvgIpc) is 3.85. The van der Waals surface area contributed by atoms with Crippen LogP contribution in [0.5, 0.6) is 28.7 Å². The molecule has 0 N–H and O–H groups in total. The van der Waals surface area contributed by atoms with Crippen LogP contribution in [0.25, 0.3) is 0 Å². The van der Waals surface area contributed by atoms with Crippen LogP contribution in [0.1, 0.15) is 72.6 Å². The molecule has 2 aromatic carbocycles. The van der Waals surface area contributed by atoms with Gasteiger partial charge in [-0.15, -0.1) is 0 Å². The Morgan fingerprint density at radius 2 is 1.19 bits per heavy atom. The van der Waals surface area contributed by atoms with Crippen molar-refractivity contribution in [2.24, 2.45) is 9.98 Å². The van der Waals surface area contributed by atoms with Gasteiger partial charge in [0, 0.05) is 67.6 Å². The number of fused-ring (bicyclic) bond motifs is 4. The highest BCUT2D eigenvalue weighted by Crippen LogP contribution is 2.41. The molecule has 15 nitrogen and oxygen atoms in total. The van der Waals surface area contributed by atoms with Gasteiger partial charge in [-0.2, -0.15) is 12.6 Å². The number of ether oxygens (including phenoxy) is 7. The van der Waals surface area contributed by atoms with Crippen LogP contribution in [0.4, 0.5) is 11.4 Å². The molecule has 342 valence electrons. The molecule has 1 unspecified atom stereocenters. The Morgan fingerprint density at radius 1 is 0.703 bits per heavy atom. The molecule has 64 heavy (non-hydrogen) atoms. The zero-order valence-electron chi connectivity index (χ0n) is 37.9. The van der Waals surface area contributed by atoms with E-state index in [2.05, 4.69) is 50.6 Å². The first kappa shape index (κ1) is 46.6. The minimum absolute atomic E-state index is 0.0382. The van der Waals surface area contributed by atoms with Crippen LogP contribution in [0.3, 0.4) is 0 Å². The highest BCUT2D eigenvalue weighted by molar-refractivity contribution is 7.81. The number of thiol groups is 1. The number of aliphatic imine (C=N–C) groups is 2. The molecule has 1 aromatic heterocycles. The standard InChI is InChI=1S/C48H60N6O9S/c1-8-31-16-35-24-49-40-22-44(42(57-6)20-38(40)46(55)53(35)26-31)62-28-33-18-37(61-15-14-60-13-12-59-11-10-52(5)30-48(3,4)64)19-34(51-33)29-63-45-23-41-39(21-43(45)58-7)47(56)54-27-32(9-2)17-36(54)25-50-41/h8-9,18-25,35-36,64H,10-17,26-30H2,1-7H3/b31-8+,32-9+/t35-,36?/m0/s1. The molecule has 0 bridgehead atoms. The summed E-state index contributed by atoms with van der Waals surface area (Å²) in [5, 5.41) is 0. The summed E-state index contributed by atoms with van der Waals surface area (Å²) in [7, 11) is 5.13. The molecule has 16 heteroatoms. The Balaban J connectivity index is 1.04. The topological polar surface area (TPSA) is 146 Å². The molecule has 2 amide bonds. The summed E-state index contributed by atoms with van der Waals surface area (Å²) in [5.41, 5.74) is 5.44. The van der Waals surface area contributed by atoms with Crippen molar-refractivity contribution < 1.29 is 42.7 Å². The van der Waals surface area contributed by atoms with Gasteiger partial charge in [0.1, 0.15) is 25.6 Å². The third-order valence-electron chi connectivity index (χ3n) is 11.4. The Morgan fingerprint density at radius 3 is 1.66 bits per heavy atom. The number of hydrogen-bond donors (Lipinski definition) is 1. The smallest absolute Gasteiger partial charge is 0.257 e. The van der Waals surface area contributed by atoms with Gasteiger partial charge in [0.15, 0.2) is 23.0 Å². The summed E-state index contributed by atoms with van der Waals surface area (Å²) in [6.45, 7) is 13.2. The fourth-order valence-corrected chi connectivity index (χ4v) is 8.43. The van der Waals surface area contributed by atoms with Crippen molar-refractivity contribution in [3.05, 3.63) is 82.2 Å². The van der Waals surface area contributed by atoms with Gasteiger partial charge in [0.25, 0.3) is 11.8 Å². The molecule has 2 atom stereocenters. The summed E-state index contributed by atoms with van der Waals surface area (Å²) in [5.74, 6) is 1.96. The van der Waals surface area contributed by atoms with Crippen molar-refractivity contribution in [3.63, 3.8) is 0 Å². The summed E-state index contributed by atoms with van der Waals surface area (Å²) in [6, 6.07) is 10.2. The van der Waals surface area contributed by atoms with Crippen LogP contribution in [-0.4, -0.2) is 141 Å². The molecule has 3 aromatic rings. The lowest BCUT2D eigenvalue weighted by atomic mass is 10.1. The van der Waals surface area contributed by atoms with Crippen molar-refractivity contribution in [1.29, 1.82) is 0 Å². The van der Waals surface area contributed by atoms with Crippen LogP contribution in [-0.2, 0) is 22.7 Å². The molecule has 2 saturated heterocycles. The number of amides is 2. The number of carbonyl (C=O) groups is 2. The van der Waals surface area contributed by atoms with Crippen molar-refractivity contribution in [1.82, 2.24) is 19.7 Å². The van der Waals surface area contributed by atoms with Crippen molar-refractivity contribution >= 4 is 48.2 Å². The molecule has 7 rings (SSSR count). The molecule has 0 aliphatic carbocycles. The number of aromatic nitrogens is 1. The summed E-state index contributed by atoms with van der Waals surface area (Å²) >= 11 is 4.60. The maximum absolute atomic E-state index is 13.7. The molecule has 2 fully saturated rings. The maximum Gasteiger partial charge on any atom is 0.257 e. The van der Waals surface area contributed by atoms with Crippen molar-refractivity contribution in [3.8, 4) is 28.7 Å². The van der Waals surface area contributed by atoms with Crippen LogP contribution >= 0.6 is 12.6 Å². The number of pyridine rings is 1. The molecule has 4 aliphatic rings. The highest BCUT2D eigenvalue weighted by Gasteiger charge is 2.36. The lowest BCUT2D eigenvalue weighted by molar-refractivity contribution is 0.0307. The van der Waals surface area contributed by atoms with E-state index in [0.717, 1.165) is 25.9 Å². The lowest BCUT2D eigenvalue weighted by Crippen LogP contribution is -2.35. The lowest BCUT2D eigenvalue weighted by Gasteiger charge is -2.25. The predicted molar refractivity (Wildman–Crippen MR) is 249 cm³/mol. The van der Waals surface area contributed by atoms with Gasteiger partial charge < -0.3 is 47.9 Å². The van der Waals surface area contributed by atoms with E-state index in [9.17, 15) is 9.59 Å². The maximum atomic E-state index is 13.7. The van der Waals surface area contributed by atoms with E-state index in [1.807, 2.05) is 36.1 Å². The Bertz CT molecular complexity index is 2170. The van der Waals surface area contributed by atoms with Gasteiger partial charge in [-0.05, 0) is 59.7 Å². The largest absolute Gasteiger partial charge is 0.493 e. The molecular formula is C48H60N6O9S. The normalized spacial score (nSPS) is 19.1. The van der Waals surface area contributed by atoms with Crippen LogP contribution in [0, 0.1) is 0 Å². The fourth-order valence-electron chi connectivity index (χ4n) is 8.18. The van der Waals surface area contributed by atoms with Gasteiger partial charge in [-0.3, -0.25) is 24.6 Å². The third kappa shape index (κ3) is 11.4. The van der Waals surface area contributed by atoms with Gasteiger partial charge in [-0.1, -0.05) is 23.3 Å². The fraction of sp³-hybridized carbons (Fsp3) is 0.479. The van der Waals surface area contributed by atoms with E-state index >= 15 is 0 Å². The second kappa shape index (κ2) is 21.0. The molecule has 4 aliphatic heterocycles. The van der Waals surface area contributed by atoms with E-state index in [-0.39, 0.29) is 48.5 Å². The van der Waals surface area contributed by atoms with Crippen LogP contribution < -0.4 is 23.7 Å². The number of allylic oxidation sites excluding steroid dienone is 2. The number of rotatable bonds is 20. The molecule has 0 saturated carbocycles. The number of methoxy groups -OCH3 is 2. The zero-order chi connectivity index (χ0) is 45.4. The monoisotopic (exact) mass is 896 g/mol. The van der Waals surface area contributed by atoms with Crippen LogP contribution in [0.15, 0.2) is 69.7 Å². The summed E-state index contributed by atoms with van der Waals surface area (Å²) in [6.07, 6.45) is 9.30. The SMILES string of the molecule is C/C=C1\CC2C=Nc3cc(OCc4cc(OCCOCCOCCN(C)CC(C)(C)S)cc(COc5cc6c(cc5OC)C(=O)N5C/C(=C/C)C[C@H]5C=N6)n4)c(OC)cc3C(=O)N2C1. The molecule has 0 radical (unpaired) electrons. The number of benzene rings is 2. The summed E-state index contributed by atoms with van der Waals surface area (Å²) in [4.78, 5) is 47.5. The second-order valence-electron chi connectivity index (χ2n) is 16.9. The van der Waals surface area contributed by atoms with E-state index < -0.39 is 0 Å². The van der Waals surface area contributed by atoms with Crippen molar-refractivity contribution in [2.45, 2.75) is 70.6 Å². The Kier molecular flexibility index (Phi) is 15.3. The van der Waals surface area contributed by atoms with Gasteiger partial charge in [0.05, 0.1) is 86.6 Å². The second-order valence-corrected chi connectivity index (χ2v) is 18.1. The molecular weight excluding hydrogens is 837 g/mol. The number of hydrogen-bond acceptors (Lipinski definition) is 14. The average molecular weight is 897 g/mol. The van der Waals surface area contributed by atoms with E-state index in [4.69, 9.17) is 48.1 Å². The highest BCUT2D eigenvalue weighted by atomic mass is 32.1. The van der Waals surface area contributed by atoms with Gasteiger partial charge >= 0.3 is 0 Å². The first-order valence-electron chi connectivity index (χ1n) is 21.7. The number of nitrogens with zero attached hydrogens (tertiary/aromatic N) is 6. The minimum atomic E-state index is -0.105. The summed E-state index contributed by atoms with van der Waals surface area (Å²) < 4.78 is 41.8. The number of carbonyl (C=O) groups excluding carboxylic acids is 2. The van der Waals surface area contributed by atoms with Gasteiger partial charge in [0.2, 0.25) is 0 Å². The molecule has 0 spiro atoms. The minimum Gasteiger partial charge on any atom is -0.493 e. The van der Waals surface area contributed by atoms with E-state index in [1.54, 1.807) is 36.4 Å². The third-order valence-corrected chi connectivity index (χ3v) is 11.6. The van der Waals surface area contributed by atoms with Gasteiger partial charge in [-0.25, -0.2) is 0 Å². The Labute approximate surface area is 381 Å². The van der Waals surface area contributed by atoms with E-state index in [1.165, 1.54) is 25.4 Å². The predicted octanol–water partition coefficient (Wildman–Crippen LogP) is 7.06. The zero-order valence-corrected chi connectivity index (χ0v) is 38.8. The quantitative estimate of drug-likeness (QED) is 0.0707. The van der Waals surface area contributed by atoms with Crippen molar-refractivity contribution in [2.75, 3.05) is 80.5 Å². The van der Waals surface area contributed by atoms with Crippen LogP contribution in [0.2, 0.25) is 0 Å². The Hall–Kier alpha value is -5.42. The number of likely N-dealkylation sites (N-methyl/N-ethyl adjacent to an activating group) is 1.